The minimum Gasteiger partial charge on any atom is -0.492 e. The molecule has 0 spiro atoms. The van der Waals surface area contributed by atoms with E-state index in [1.54, 1.807) is 26.8 Å². The quantitative estimate of drug-likeness (QED) is 0.893. The summed E-state index contributed by atoms with van der Waals surface area (Å²) in [5.74, 6) is -1.20. The zero-order valence-corrected chi connectivity index (χ0v) is 11.8. The highest BCUT2D eigenvalue weighted by atomic mass is 19.1. The lowest BCUT2D eigenvalue weighted by atomic mass is 9.85. The molecule has 0 saturated heterocycles. The summed E-state index contributed by atoms with van der Waals surface area (Å²) in [5.41, 5.74) is -0.0353. The number of aliphatic carboxylic acids is 1. The van der Waals surface area contributed by atoms with Crippen molar-refractivity contribution in [2.75, 3.05) is 14.2 Å². The van der Waals surface area contributed by atoms with Crippen LogP contribution in [0.1, 0.15) is 25.0 Å². The van der Waals surface area contributed by atoms with Crippen LogP contribution in [0.5, 0.6) is 11.5 Å². The first kappa shape index (κ1) is 15.3. The molecular weight excluding hydrogens is 251 g/mol. The molecule has 0 saturated carbocycles. The molecule has 0 aliphatic carbocycles. The first-order valence-electron chi connectivity index (χ1n) is 5.88. The Bertz CT molecular complexity index is 495. The summed E-state index contributed by atoms with van der Waals surface area (Å²) < 4.78 is 24.4. The predicted molar refractivity (Wildman–Crippen MR) is 69.4 cm³/mol. The zero-order chi connectivity index (χ0) is 14.8. The number of halogens is 1. The van der Waals surface area contributed by atoms with Gasteiger partial charge < -0.3 is 14.6 Å². The lowest BCUT2D eigenvalue weighted by Crippen LogP contribution is -2.26. The van der Waals surface area contributed by atoms with Crippen molar-refractivity contribution in [1.82, 2.24) is 0 Å². The van der Waals surface area contributed by atoms with Crippen LogP contribution < -0.4 is 9.47 Å². The van der Waals surface area contributed by atoms with E-state index in [-0.39, 0.29) is 12.2 Å². The van der Waals surface area contributed by atoms with Crippen molar-refractivity contribution < 1.29 is 23.8 Å². The Morgan fingerprint density at radius 3 is 2.26 bits per heavy atom. The lowest BCUT2D eigenvalue weighted by Gasteiger charge is -2.21. The first-order chi connectivity index (χ1) is 8.74. The number of carbonyl (C=O) groups is 1. The molecule has 0 bridgehead atoms. The zero-order valence-electron chi connectivity index (χ0n) is 11.8. The summed E-state index contributed by atoms with van der Waals surface area (Å²) in [6, 6.07) is 1.60. The molecule has 0 aliphatic rings. The number of rotatable bonds is 5. The average molecular weight is 270 g/mol. The molecule has 106 valence electrons. The van der Waals surface area contributed by atoms with Gasteiger partial charge in [0.1, 0.15) is 0 Å². The van der Waals surface area contributed by atoms with Gasteiger partial charge in [0.05, 0.1) is 19.6 Å². The second-order valence-electron chi connectivity index (χ2n) is 5.10. The smallest absolute Gasteiger partial charge is 0.309 e. The van der Waals surface area contributed by atoms with E-state index in [0.29, 0.717) is 16.9 Å². The molecule has 0 aliphatic heterocycles. The van der Waals surface area contributed by atoms with Gasteiger partial charge in [-0.05, 0) is 44.4 Å². The van der Waals surface area contributed by atoms with Gasteiger partial charge in [-0.15, -0.1) is 0 Å². The molecule has 0 amide bonds. The molecule has 1 rings (SSSR count). The minimum absolute atomic E-state index is 0.0127. The number of ether oxygens (including phenoxy) is 2. The Morgan fingerprint density at radius 2 is 1.84 bits per heavy atom. The number of hydrogen-bond donors (Lipinski definition) is 1. The molecule has 0 heterocycles. The van der Waals surface area contributed by atoms with Crippen LogP contribution in [0, 0.1) is 18.2 Å². The largest absolute Gasteiger partial charge is 0.492 e. The summed E-state index contributed by atoms with van der Waals surface area (Å²) in [4.78, 5) is 11.1. The Hall–Kier alpha value is -1.78. The number of methoxy groups -OCH3 is 2. The van der Waals surface area contributed by atoms with Gasteiger partial charge in [0.25, 0.3) is 0 Å². The summed E-state index contributed by atoms with van der Waals surface area (Å²) in [7, 11) is 2.79. The summed E-state index contributed by atoms with van der Waals surface area (Å²) in [6.07, 6.45) is 0.0787. The second-order valence-corrected chi connectivity index (χ2v) is 5.10. The topological polar surface area (TPSA) is 55.8 Å². The average Bonchev–Trinajstić information content (AvgIpc) is 2.32. The van der Waals surface area contributed by atoms with E-state index in [4.69, 9.17) is 14.6 Å². The van der Waals surface area contributed by atoms with Gasteiger partial charge in [-0.1, -0.05) is 0 Å². The van der Waals surface area contributed by atoms with E-state index in [1.807, 2.05) is 0 Å². The van der Waals surface area contributed by atoms with E-state index in [1.165, 1.54) is 14.2 Å². The molecule has 1 N–H and O–H groups in total. The van der Waals surface area contributed by atoms with Crippen LogP contribution in [-0.2, 0) is 11.2 Å². The first-order valence-corrected chi connectivity index (χ1v) is 5.88. The lowest BCUT2D eigenvalue weighted by molar-refractivity contribution is -0.146. The van der Waals surface area contributed by atoms with Gasteiger partial charge in [-0.3, -0.25) is 4.79 Å². The fourth-order valence-corrected chi connectivity index (χ4v) is 1.93. The third-order valence-corrected chi connectivity index (χ3v) is 3.06. The molecule has 1 aromatic carbocycles. The molecule has 5 heteroatoms. The van der Waals surface area contributed by atoms with Crippen LogP contribution in [0.2, 0.25) is 0 Å². The van der Waals surface area contributed by atoms with Crippen LogP contribution >= 0.6 is 0 Å². The third-order valence-electron chi connectivity index (χ3n) is 3.06. The Morgan fingerprint density at radius 1 is 1.32 bits per heavy atom. The Labute approximate surface area is 112 Å². The maximum absolute atomic E-state index is 14.3. The van der Waals surface area contributed by atoms with Crippen molar-refractivity contribution in [3.63, 3.8) is 0 Å². The van der Waals surface area contributed by atoms with Crippen molar-refractivity contribution in [3.05, 3.63) is 23.0 Å². The Balaban J connectivity index is 3.31. The number of aryl methyl sites for hydroxylation is 1. The van der Waals surface area contributed by atoms with Crippen molar-refractivity contribution in [1.29, 1.82) is 0 Å². The van der Waals surface area contributed by atoms with Crippen molar-refractivity contribution in [2.45, 2.75) is 27.2 Å². The number of carboxylic acids is 1. The SMILES string of the molecule is COc1c(C)cc(CC(C)(C)C(=O)O)c(F)c1OC. The predicted octanol–water partition coefficient (Wildman–Crippen LogP) is 2.80. The summed E-state index contributed by atoms with van der Waals surface area (Å²) >= 11 is 0. The van der Waals surface area contributed by atoms with Gasteiger partial charge in [0.2, 0.25) is 0 Å². The number of hydrogen-bond acceptors (Lipinski definition) is 3. The van der Waals surface area contributed by atoms with Gasteiger partial charge in [-0.2, -0.15) is 0 Å². The summed E-state index contributed by atoms with van der Waals surface area (Å²) in [6.45, 7) is 4.87. The molecule has 4 nitrogen and oxygen atoms in total. The van der Waals surface area contributed by atoms with Gasteiger partial charge >= 0.3 is 5.97 Å². The van der Waals surface area contributed by atoms with E-state index >= 15 is 0 Å². The molecule has 0 unspecified atom stereocenters. The molecule has 19 heavy (non-hydrogen) atoms. The molecule has 0 aromatic heterocycles. The Kier molecular flexibility index (Phi) is 4.39. The van der Waals surface area contributed by atoms with Crippen molar-refractivity contribution in [2.24, 2.45) is 5.41 Å². The molecular formula is C14H19FO4. The van der Waals surface area contributed by atoms with E-state index < -0.39 is 17.2 Å². The fourth-order valence-electron chi connectivity index (χ4n) is 1.93. The highest BCUT2D eigenvalue weighted by Gasteiger charge is 2.30. The van der Waals surface area contributed by atoms with Gasteiger partial charge in [0, 0.05) is 0 Å². The molecule has 0 radical (unpaired) electrons. The van der Waals surface area contributed by atoms with Gasteiger partial charge in [0.15, 0.2) is 17.3 Å². The van der Waals surface area contributed by atoms with Crippen LogP contribution in [0.25, 0.3) is 0 Å². The summed E-state index contributed by atoms with van der Waals surface area (Å²) in [5, 5.41) is 9.11. The third kappa shape index (κ3) is 2.97. The highest BCUT2D eigenvalue weighted by Crippen LogP contribution is 2.37. The van der Waals surface area contributed by atoms with Crippen LogP contribution in [0.3, 0.4) is 0 Å². The maximum Gasteiger partial charge on any atom is 0.309 e. The number of carboxylic acid groups (broad SMARTS) is 1. The normalized spacial score (nSPS) is 11.3. The molecule has 1 aromatic rings. The van der Waals surface area contributed by atoms with E-state index in [2.05, 4.69) is 0 Å². The monoisotopic (exact) mass is 270 g/mol. The number of benzene rings is 1. The van der Waals surface area contributed by atoms with Crippen molar-refractivity contribution in [3.8, 4) is 11.5 Å². The molecule has 0 fully saturated rings. The maximum atomic E-state index is 14.3. The highest BCUT2D eigenvalue weighted by molar-refractivity contribution is 5.74. The van der Waals surface area contributed by atoms with Crippen LogP contribution in [0.15, 0.2) is 6.07 Å². The second kappa shape index (κ2) is 5.47. The van der Waals surface area contributed by atoms with Gasteiger partial charge in [-0.25, -0.2) is 4.39 Å². The minimum atomic E-state index is -1.05. The molecule has 0 atom stereocenters. The van der Waals surface area contributed by atoms with Crippen LogP contribution in [-0.4, -0.2) is 25.3 Å². The van der Waals surface area contributed by atoms with Crippen molar-refractivity contribution >= 4 is 5.97 Å². The standard InChI is InChI=1S/C14H19FO4/c1-8-6-9(7-14(2,3)13(16)17)10(15)12(19-5)11(8)18-4/h6H,7H2,1-5H3,(H,16,17). The van der Waals surface area contributed by atoms with Crippen LogP contribution in [0.4, 0.5) is 4.39 Å². The van der Waals surface area contributed by atoms with E-state index in [9.17, 15) is 9.18 Å². The van der Waals surface area contributed by atoms with E-state index in [0.717, 1.165) is 0 Å². The fraction of sp³-hybridized carbons (Fsp3) is 0.500.